The number of carbonyl (C=O) groups is 3. The molecule has 2 rings (SSSR count). The Hall–Kier alpha value is -2.57. The van der Waals surface area contributed by atoms with Crippen LogP contribution in [0.25, 0.3) is 0 Å². The summed E-state index contributed by atoms with van der Waals surface area (Å²) in [6, 6.07) is 6.28. The number of amides is 3. The highest BCUT2D eigenvalue weighted by Gasteiger charge is 2.53. The number of benzene rings is 1. The number of hydrogen-bond acceptors (Lipinski definition) is 9. The van der Waals surface area contributed by atoms with Crippen molar-refractivity contribution in [1.29, 1.82) is 0 Å². The predicted molar refractivity (Wildman–Crippen MR) is 259 cm³/mol. The molecule has 0 radical (unpaired) electrons. The van der Waals surface area contributed by atoms with Gasteiger partial charge in [-0.15, -0.1) is 0 Å². The standard InChI is InChI=1S/C53H95N3O8/c1-4-6-8-10-12-14-16-18-20-22-24-26-28-30-32-37-41-55(47(58)40-36-31-29-27-25-23-21-19-17-15-13-11-9-7-5-2)52-48(50(60)49(59)46(42-57)64-52)56(51(61)44(3)54)53(62)63-43-45-38-34-33-35-39-45/h33-35,38-39,44,46,48-50,52,57,59-60H,4-32,36-37,40-43,54H2,1-3H3/t44-,46+,48+,49-,50+,52+/m0/s1. The molecular formula is C53H95N3O8. The van der Waals surface area contributed by atoms with E-state index in [1.165, 1.54) is 160 Å². The molecule has 1 aliphatic rings. The summed E-state index contributed by atoms with van der Waals surface area (Å²) in [6.07, 6.45) is 30.7. The first-order chi connectivity index (χ1) is 31.2. The van der Waals surface area contributed by atoms with Crippen molar-refractivity contribution in [3.05, 3.63) is 35.9 Å². The van der Waals surface area contributed by atoms with Gasteiger partial charge < -0.3 is 35.4 Å². The first-order valence-electron chi connectivity index (χ1n) is 26.4. The largest absolute Gasteiger partial charge is 0.444 e. The van der Waals surface area contributed by atoms with Crippen LogP contribution in [0.4, 0.5) is 4.79 Å². The Morgan fingerprint density at radius 3 is 1.44 bits per heavy atom. The molecule has 1 heterocycles. The van der Waals surface area contributed by atoms with Crippen LogP contribution in [-0.2, 0) is 25.7 Å². The SMILES string of the molecule is CCCCCCCCCCCCCCCCCCN(C(=O)CCCCCCCCCCCCCCCCC)[C@@H]1O[C@H](CO)[C@H](O)[C@H](O)[C@H]1N(C(=O)OCc1ccccc1)C(=O)[C@H](C)N. The molecule has 0 saturated carbocycles. The first kappa shape index (κ1) is 57.6. The van der Waals surface area contributed by atoms with Gasteiger partial charge in [0.2, 0.25) is 11.8 Å². The summed E-state index contributed by atoms with van der Waals surface area (Å²) in [5.41, 5.74) is 6.76. The number of imide groups is 1. The monoisotopic (exact) mass is 902 g/mol. The number of ether oxygens (including phenoxy) is 2. The number of nitrogens with two attached hydrogens (primary N) is 1. The number of nitrogens with zero attached hydrogens (tertiary/aromatic N) is 2. The lowest BCUT2D eigenvalue weighted by atomic mass is 9.93. The van der Waals surface area contributed by atoms with Gasteiger partial charge in [0.15, 0.2) is 6.23 Å². The Balaban J connectivity index is 2.05. The van der Waals surface area contributed by atoms with E-state index in [1.807, 2.05) is 6.07 Å². The molecule has 1 aromatic rings. The van der Waals surface area contributed by atoms with Gasteiger partial charge in [-0.05, 0) is 25.3 Å². The van der Waals surface area contributed by atoms with Crippen molar-refractivity contribution in [3.8, 4) is 0 Å². The predicted octanol–water partition coefficient (Wildman–Crippen LogP) is 11.7. The van der Waals surface area contributed by atoms with Crippen LogP contribution in [0.15, 0.2) is 30.3 Å². The minimum Gasteiger partial charge on any atom is -0.444 e. The van der Waals surface area contributed by atoms with Crippen LogP contribution in [0.3, 0.4) is 0 Å². The van der Waals surface area contributed by atoms with Gasteiger partial charge in [0, 0.05) is 13.0 Å². The Kier molecular flexibility index (Phi) is 33.7. The van der Waals surface area contributed by atoms with E-state index in [9.17, 15) is 29.7 Å². The normalized spacial score (nSPS) is 19.1. The second kappa shape index (κ2) is 37.5. The zero-order valence-corrected chi connectivity index (χ0v) is 41.0. The summed E-state index contributed by atoms with van der Waals surface area (Å²) in [5, 5.41) is 33.0. The van der Waals surface area contributed by atoms with E-state index in [4.69, 9.17) is 15.2 Å². The molecule has 0 unspecified atom stereocenters. The van der Waals surface area contributed by atoms with Crippen LogP contribution >= 0.6 is 0 Å². The van der Waals surface area contributed by atoms with Crippen molar-refractivity contribution in [1.82, 2.24) is 9.80 Å². The van der Waals surface area contributed by atoms with Crippen molar-refractivity contribution < 1.29 is 39.2 Å². The van der Waals surface area contributed by atoms with Gasteiger partial charge in [-0.3, -0.25) is 9.59 Å². The Morgan fingerprint density at radius 1 is 0.625 bits per heavy atom. The van der Waals surface area contributed by atoms with Crippen molar-refractivity contribution >= 4 is 17.9 Å². The van der Waals surface area contributed by atoms with Gasteiger partial charge in [-0.1, -0.05) is 230 Å². The minimum atomic E-state index is -1.75. The fourth-order valence-corrected chi connectivity index (χ4v) is 9.00. The third kappa shape index (κ3) is 24.3. The molecular weight excluding hydrogens is 807 g/mol. The van der Waals surface area contributed by atoms with Gasteiger partial charge >= 0.3 is 6.09 Å². The number of aliphatic hydroxyl groups is 3. The van der Waals surface area contributed by atoms with Gasteiger partial charge in [0.25, 0.3) is 0 Å². The van der Waals surface area contributed by atoms with Gasteiger partial charge in [-0.2, -0.15) is 0 Å². The van der Waals surface area contributed by atoms with E-state index < -0.39 is 55.2 Å². The lowest BCUT2D eigenvalue weighted by molar-refractivity contribution is -0.244. The highest BCUT2D eigenvalue weighted by atomic mass is 16.6. The zero-order chi connectivity index (χ0) is 46.6. The molecule has 0 spiro atoms. The quantitative estimate of drug-likeness (QED) is 0.0471. The molecule has 11 nitrogen and oxygen atoms in total. The number of hydrogen-bond donors (Lipinski definition) is 4. The van der Waals surface area contributed by atoms with Crippen molar-refractivity contribution in [2.24, 2.45) is 5.73 Å². The second-order valence-corrected chi connectivity index (χ2v) is 18.8. The second-order valence-electron chi connectivity index (χ2n) is 18.8. The molecule has 370 valence electrons. The molecule has 0 bridgehead atoms. The van der Waals surface area contributed by atoms with Crippen LogP contribution in [-0.4, -0.2) is 92.8 Å². The molecule has 1 fully saturated rings. The summed E-state index contributed by atoms with van der Waals surface area (Å²) in [4.78, 5) is 44.2. The van der Waals surface area contributed by atoms with Crippen LogP contribution < -0.4 is 5.73 Å². The molecule has 1 saturated heterocycles. The maximum Gasteiger partial charge on any atom is 0.417 e. The topological polar surface area (TPSA) is 163 Å². The molecule has 11 heteroatoms. The maximum atomic E-state index is 14.3. The molecule has 5 N–H and O–H groups in total. The van der Waals surface area contributed by atoms with Crippen molar-refractivity contribution in [2.75, 3.05) is 13.2 Å². The Labute approximate surface area is 390 Å². The molecule has 1 aliphatic heterocycles. The zero-order valence-electron chi connectivity index (χ0n) is 41.0. The summed E-state index contributed by atoms with van der Waals surface area (Å²) < 4.78 is 11.9. The van der Waals surface area contributed by atoms with Crippen LogP contribution in [0.2, 0.25) is 0 Å². The molecule has 0 aliphatic carbocycles. The molecule has 0 aromatic heterocycles. The van der Waals surface area contributed by atoms with E-state index >= 15 is 0 Å². The van der Waals surface area contributed by atoms with Crippen LogP contribution in [0.1, 0.15) is 232 Å². The van der Waals surface area contributed by atoms with Crippen LogP contribution in [0.5, 0.6) is 0 Å². The van der Waals surface area contributed by atoms with E-state index in [0.717, 1.165) is 43.4 Å². The van der Waals surface area contributed by atoms with Crippen molar-refractivity contribution in [3.63, 3.8) is 0 Å². The fraction of sp³-hybridized carbons (Fsp3) is 0.830. The maximum absolute atomic E-state index is 14.3. The van der Waals surface area contributed by atoms with Gasteiger partial charge in [-0.25, -0.2) is 9.69 Å². The number of carbonyl (C=O) groups excluding carboxylic acids is 3. The van der Waals surface area contributed by atoms with E-state index in [0.29, 0.717) is 18.4 Å². The summed E-state index contributed by atoms with van der Waals surface area (Å²) in [5.74, 6) is -1.07. The fourth-order valence-electron chi connectivity index (χ4n) is 9.00. The average molecular weight is 902 g/mol. The van der Waals surface area contributed by atoms with Gasteiger partial charge in [0.05, 0.1) is 12.6 Å². The average Bonchev–Trinajstić information content (AvgIpc) is 3.30. The summed E-state index contributed by atoms with van der Waals surface area (Å²) in [7, 11) is 0. The first-order valence-corrected chi connectivity index (χ1v) is 26.4. The summed E-state index contributed by atoms with van der Waals surface area (Å²) >= 11 is 0. The molecule has 1 aromatic carbocycles. The molecule has 64 heavy (non-hydrogen) atoms. The minimum absolute atomic E-state index is 0.153. The molecule has 3 amide bonds. The van der Waals surface area contributed by atoms with E-state index in [-0.39, 0.29) is 25.5 Å². The Morgan fingerprint density at radius 2 is 1.03 bits per heavy atom. The van der Waals surface area contributed by atoms with Crippen molar-refractivity contribution in [2.45, 2.75) is 269 Å². The highest BCUT2D eigenvalue weighted by Crippen LogP contribution is 2.30. The number of aliphatic hydroxyl groups excluding tert-OH is 3. The summed E-state index contributed by atoms with van der Waals surface area (Å²) in [6.45, 7) is 5.41. The van der Waals surface area contributed by atoms with E-state index in [1.54, 1.807) is 24.3 Å². The smallest absolute Gasteiger partial charge is 0.417 e. The van der Waals surface area contributed by atoms with Crippen LogP contribution in [0, 0.1) is 0 Å². The third-order valence-electron chi connectivity index (χ3n) is 13.1. The Bertz CT molecular complexity index is 1300. The van der Waals surface area contributed by atoms with Gasteiger partial charge in [0.1, 0.15) is 31.0 Å². The molecule has 6 atom stereocenters. The lowest BCUT2D eigenvalue weighted by Gasteiger charge is -2.49. The number of rotatable bonds is 39. The third-order valence-corrected chi connectivity index (χ3v) is 13.1. The number of unbranched alkanes of at least 4 members (excludes halogenated alkanes) is 29. The highest BCUT2D eigenvalue weighted by molar-refractivity contribution is 5.95. The lowest BCUT2D eigenvalue weighted by Crippen LogP contribution is -2.71. The van der Waals surface area contributed by atoms with E-state index in [2.05, 4.69) is 13.8 Å².